The highest BCUT2D eigenvalue weighted by Gasteiger charge is 2.22. The number of nitrogens with zero attached hydrogens (tertiary/aromatic N) is 4. The first-order valence-electron chi connectivity index (χ1n) is 8.34. The highest BCUT2D eigenvalue weighted by Crippen LogP contribution is 2.35. The third kappa shape index (κ3) is 3.85. The van der Waals surface area contributed by atoms with Crippen molar-refractivity contribution in [3.05, 3.63) is 84.2 Å². The number of H-pyrrole nitrogens is 1. The van der Waals surface area contributed by atoms with Crippen LogP contribution in [-0.4, -0.2) is 14.8 Å². The number of nitro benzene ring substituents is 2. The van der Waals surface area contributed by atoms with Gasteiger partial charge in [-0.2, -0.15) is 10.5 Å². The fourth-order valence-corrected chi connectivity index (χ4v) is 2.80. The van der Waals surface area contributed by atoms with Crippen LogP contribution in [0.25, 0.3) is 11.1 Å². The fraction of sp³-hybridized carbons (Fsp3) is 0. The lowest BCUT2D eigenvalue weighted by atomic mass is 9.96. The predicted octanol–water partition coefficient (Wildman–Crippen LogP) is 2.98. The Morgan fingerprint density at radius 2 is 1.61 bits per heavy atom. The van der Waals surface area contributed by atoms with Crippen molar-refractivity contribution in [3.8, 4) is 34.8 Å². The summed E-state index contributed by atoms with van der Waals surface area (Å²) in [5.74, 6) is -0.280. The van der Waals surface area contributed by atoms with Crippen LogP contribution in [0.5, 0.6) is 11.5 Å². The van der Waals surface area contributed by atoms with Gasteiger partial charge in [0.1, 0.15) is 34.8 Å². The highest BCUT2D eigenvalue weighted by atomic mass is 16.6. The Hall–Kier alpha value is -5.23. The quantitative estimate of drug-likeness (QED) is 0.461. The zero-order valence-corrected chi connectivity index (χ0v) is 15.4. The van der Waals surface area contributed by atoms with Crippen molar-refractivity contribution in [2.45, 2.75) is 0 Å². The van der Waals surface area contributed by atoms with Crippen LogP contribution in [0.1, 0.15) is 11.1 Å². The van der Waals surface area contributed by atoms with E-state index < -0.39 is 26.8 Å². The van der Waals surface area contributed by atoms with E-state index in [-0.39, 0.29) is 34.0 Å². The van der Waals surface area contributed by atoms with Gasteiger partial charge in [0.05, 0.1) is 15.9 Å². The molecule has 0 bridgehead atoms. The van der Waals surface area contributed by atoms with Crippen molar-refractivity contribution in [2.24, 2.45) is 0 Å². The first kappa shape index (κ1) is 20.5. The molecule has 3 N–H and O–H groups in total. The molecule has 0 fully saturated rings. The first-order chi connectivity index (χ1) is 14.8. The zero-order valence-electron chi connectivity index (χ0n) is 15.4. The van der Waals surface area contributed by atoms with Gasteiger partial charge in [0.25, 0.3) is 11.2 Å². The van der Waals surface area contributed by atoms with Gasteiger partial charge in [-0.05, 0) is 23.8 Å². The Bertz CT molecular complexity index is 1360. The van der Waals surface area contributed by atoms with E-state index in [9.17, 15) is 35.5 Å². The fourth-order valence-electron chi connectivity index (χ4n) is 2.80. The molecule has 12 nitrogen and oxygen atoms in total. The summed E-state index contributed by atoms with van der Waals surface area (Å²) in [4.78, 5) is 34.7. The van der Waals surface area contributed by atoms with Crippen LogP contribution in [0.3, 0.4) is 0 Å². The van der Waals surface area contributed by atoms with Crippen molar-refractivity contribution >= 4 is 17.2 Å². The Labute approximate surface area is 172 Å². The lowest BCUT2D eigenvalue weighted by Crippen LogP contribution is -2.16. The maximum atomic E-state index is 12.0. The number of nitrogens with two attached hydrogens (primary N) is 1. The normalized spacial score (nSPS) is 10.0. The molecule has 0 saturated heterocycles. The Morgan fingerprint density at radius 1 is 0.968 bits per heavy atom. The van der Waals surface area contributed by atoms with Crippen LogP contribution < -0.4 is 16.0 Å². The van der Waals surface area contributed by atoms with E-state index in [0.717, 1.165) is 18.2 Å². The molecular weight excluding hydrogens is 408 g/mol. The summed E-state index contributed by atoms with van der Waals surface area (Å²) in [7, 11) is 0. The van der Waals surface area contributed by atoms with Gasteiger partial charge < -0.3 is 15.5 Å². The second-order valence-corrected chi connectivity index (χ2v) is 6.01. The second-order valence-electron chi connectivity index (χ2n) is 6.01. The average Bonchev–Trinajstić information content (AvgIpc) is 2.74. The molecule has 0 radical (unpaired) electrons. The van der Waals surface area contributed by atoms with Gasteiger partial charge in [0, 0.05) is 11.6 Å². The number of non-ortho nitro benzene ring substituents is 1. The predicted molar refractivity (Wildman–Crippen MR) is 106 cm³/mol. The van der Waals surface area contributed by atoms with E-state index in [1.54, 1.807) is 6.07 Å². The number of nitriles is 2. The summed E-state index contributed by atoms with van der Waals surface area (Å²) in [5, 5.41) is 40.7. The maximum Gasteiger partial charge on any atom is 0.318 e. The minimum Gasteiger partial charge on any atom is -0.450 e. The van der Waals surface area contributed by atoms with Crippen LogP contribution in [0.15, 0.2) is 47.3 Å². The van der Waals surface area contributed by atoms with Crippen molar-refractivity contribution in [1.29, 1.82) is 10.5 Å². The van der Waals surface area contributed by atoms with Crippen molar-refractivity contribution in [2.75, 3.05) is 5.73 Å². The van der Waals surface area contributed by atoms with Gasteiger partial charge in [0.15, 0.2) is 0 Å². The summed E-state index contributed by atoms with van der Waals surface area (Å²) < 4.78 is 5.47. The molecule has 3 rings (SSSR count). The Morgan fingerprint density at radius 3 is 2.16 bits per heavy atom. The number of hydrogen-bond donors (Lipinski definition) is 2. The molecule has 0 amide bonds. The number of nitrogen functional groups attached to an aromatic ring is 1. The summed E-state index contributed by atoms with van der Waals surface area (Å²) in [6.45, 7) is 0. The molecule has 0 aliphatic rings. The molecule has 0 unspecified atom stereocenters. The van der Waals surface area contributed by atoms with E-state index in [1.807, 2.05) is 6.07 Å². The molecule has 0 atom stereocenters. The van der Waals surface area contributed by atoms with Crippen LogP contribution in [-0.2, 0) is 0 Å². The molecule has 152 valence electrons. The average molecular weight is 418 g/mol. The Kier molecular flexibility index (Phi) is 5.31. The number of nitro groups is 2. The third-order valence-corrected chi connectivity index (χ3v) is 4.19. The molecule has 0 spiro atoms. The lowest BCUT2D eigenvalue weighted by molar-refractivity contribution is -0.394. The summed E-state index contributed by atoms with van der Waals surface area (Å²) >= 11 is 0. The minimum atomic E-state index is -0.811. The van der Waals surface area contributed by atoms with E-state index in [1.165, 1.54) is 24.3 Å². The third-order valence-electron chi connectivity index (χ3n) is 4.19. The highest BCUT2D eigenvalue weighted by molar-refractivity contribution is 5.80. The SMILES string of the molecule is N#Cc1c(N)[nH]c(=O)c(C#N)c1-c1ccc(Oc2ccc([N+](=O)[O-])cc2[N+](=O)[O-])cc1. The lowest BCUT2D eigenvalue weighted by Gasteiger charge is -2.10. The number of pyridine rings is 1. The molecular formula is C19H10N6O6. The maximum absolute atomic E-state index is 12.0. The molecule has 2 aromatic carbocycles. The second kappa shape index (κ2) is 8.02. The minimum absolute atomic E-state index is 0.0408. The van der Waals surface area contributed by atoms with Crippen molar-refractivity contribution in [1.82, 2.24) is 4.98 Å². The largest absolute Gasteiger partial charge is 0.450 e. The van der Waals surface area contributed by atoms with E-state index in [4.69, 9.17) is 10.5 Å². The molecule has 0 aliphatic carbocycles. The smallest absolute Gasteiger partial charge is 0.318 e. The number of aromatic amines is 1. The molecule has 1 aromatic heterocycles. The van der Waals surface area contributed by atoms with Gasteiger partial charge in [-0.25, -0.2) is 0 Å². The number of ether oxygens (including phenoxy) is 1. The van der Waals surface area contributed by atoms with E-state index in [2.05, 4.69) is 4.98 Å². The number of nitrogens with one attached hydrogen (secondary N) is 1. The monoisotopic (exact) mass is 418 g/mol. The standard InChI is InChI=1S/C19H10N6O6/c20-8-13-17(14(9-21)19(26)23-18(13)22)10-1-4-12(5-2-10)31-16-6-3-11(24(27)28)7-15(16)25(29)30/h1-7H,(H3,22,23,26). The van der Waals surface area contributed by atoms with Gasteiger partial charge in [-0.15, -0.1) is 0 Å². The summed E-state index contributed by atoms with van der Waals surface area (Å²) in [6, 6.07) is 12.2. The zero-order chi connectivity index (χ0) is 22.7. The van der Waals surface area contributed by atoms with Gasteiger partial charge in [-0.1, -0.05) is 12.1 Å². The first-order valence-corrected chi connectivity index (χ1v) is 8.34. The van der Waals surface area contributed by atoms with Crippen molar-refractivity contribution in [3.63, 3.8) is 0 Å². The number of aromatic nitrogens is 1. The molecule has 3 aromatic rings. The summed E-state index contributed by atoms with van der Waals surface area (Å²) in [5.41, 5.74) is 3.83. The summed E-state index contributed by atoms with van der Waals surface area (Å²) in [6.07, 6.45) is 0. The molecule has 0 aliphatic heterocycles. The molecule has 12 heteroatoms. The Balaban J connectivity index is 2.03. The van der Waals surface area contributed by atoms with Gasteiger partial charge in [0.2, 0.25) is 5.75 Å². The molecule has 31 heavy (non-hydrogen) atoms. The number of rotatable bonds is 5. The van der Waals surface area contributed by atoms with Crippen LogP contribution >= 0.6 is 0 Å². The van der Waals surface area contributed by atoms with Gasteiger partial charge >= 0.3 is 5.69 Å². The number of benzene rings is 2. The van der Waals surface area contributed by atoms with E-state index >= 15 is 0 Å². The van der Waals surface area contributed by atoms with Crippen molar-refractivity contribution < 1.29 is 14.6 Å². The topological polar surface area (TPSA) is 202 Å². The number of anilines is 1. The van der Waals surface area contributed by atoms with Crippen LogP contribution in [0.2, 0.25) is 0 Å². The van der Waals surface area contributed by atoms with Crippen LogP contribution in [0, 0.1) is 42.9 Å². The molecule has 1 heterocycles. The molecule has 0 saturated carbocycles. The van der Waals surface area contributed by atoms with E-state index in [0.29, 0.717) is 5.56 Å². The number of hydrogen-bond acceptors (Lipinski definition) is 9. The van der Waals surface area contributed by atoms with Gasteiger partial charge in [-0.3, -0.25) is 25.0 Å². The van der Waals surface area contributed by atoms with Crippen LogP contribution in [0.4, 0.5) is 17.2 Å².